The molecule has 0 unspecified atom stereocenters. The van der Waals surface area contributed by atoms with Crippen molar-refractivity contribution >= 4 is 46.6 Å². The van der Waals surface area contributed by atoms with Crippen LogP contribution in [0.4, 0.5) is 5.69 Å². The highest BCUT2D eigenvalue weighted by Crippen LogP contribution is 2.30. The van der Waals surface area contributed by atoms with Crippen molar-refractivity contribution < 1.29 is 4.79 Å². The molecular weight excluding hydrogens is 381 g/mol. The lowest BCUT2D eigenvalue weighted by Gasteiger charge is -2.08. The van der Waals surface area contributed by atoms with Crippen molar-refractivity contribution in [2.45, 2.75) is 5.16 Å². The SMILES string of the molecule is Cn1c(SCC(=O)Nc2c(Cl)cccc2Cl)nnc1-c1cccnc1. The highest BCUT2D eigenvalue weighted by molar-refractivity contribution is 7.99. The third-order valence-corrected chi connectivity index (χ3v) is 4.96. The fourth-order valence-electron chi connectivity index (χ4n) is 2.11. The molecule has 1 N–H and O–H groups in total. The summed E-state index contributed by atoms with van der Waals surface area (Å²) in [4.78, 5) is 16.2. The van der Waals surface area contributed by atoms with Crippen LogP contribution >= 0.6 is 35.0 Å². The molecule has 2 heterocycles. The van der Waals surface area contributed by atoms with E-state index in [1.807, 2.05) is 23.7 Å². The van der Waals surface area contributed by atoms with Gasteiger partial charge in [0.25, 0.3) is 0 Å². The Morgan fingerprint density at radius 1 is 1.20 bits per heavy atom. The monoisotopic (exact) mass is 393 g/mol. The van der Waals surface area contributed by atoms with Crippen LogP contribution in [0.5, 0.6) is 0 Å². The van der Waals surface area contributed by atoms with Crippen molar-refractivity contribution in [1.29, 1.82) is 0 Å². The van der Waals surface area contributed by atoms with E-state index in [0.29, 0.717) is 26.7 Å². The number of halogens is 2. The number of rotatable bonds is 5. The zero-order valence-electron chi connectivity index (χ0n) is 13.1. The van der Waals surface area contributed by atoms with E-state index in [2.05, 4.69) is 20.5 Å². The molecule has 0 saturated heterocycles. The Morgan fingerprint density at radius 2 is 1.96 bits per heavy atom. The van der Waals surface area contributed by atoms with Gasteiger partial charge in [-0.25, -0.2) is 0 Å². The van der Waals surface area contributed by atoms with Gasteiger partial charge >= 0.3 is 0 Å². The largest absolute Gasteiger partial charge is 0.323 e. The molecule has 3 rings (SSSR count). The first kappa shape index (κ1) is 17.7. The number of aromatic nitrogens is 4. The van der Waals surface area contributed by atoms with E-state index in [9.17, 15) is 4.79 Å². The lowest BCUT2D eigenvalue weighted by atomic mass is 10.3. The number of thioether (sulfide) groups is 1. The van der Waals surface area contributed by atoms with Crippen molar-refractivity contribution in [2.75, 3.05) is 11.1 Å². The van der Waals surface area contributed by atoms with Crippen LogP contribution < -0.4 is 5.32 Å². The smallest absolute Gasteiger partial charge is 0.234 e. The third-order valence-electron chi connectivity index (χ3n) is 3.31. The highest BCUT2D eigenvalue weighted by Gasteiger charge is 2.14. The molecule has 2 aromatic heterocycles. The summed E-state index contributed by atoms with van der Waals surface area (Å²) in [5.41, 5.74) is 1.27. The number of carbonyl (C=O) groups is 1. The second kappa shape index (κ2) is 7.86. The number of benzene rings is 1. The minimum atomic E-state index is -0.231. The van der Waals surface area contributed by atoms with Gasteiger partial charge in [-0.2, -0.15) is 0 Å². The Labute approximate surface area is 158 Å². The average Bonchev–Trinajstić information content (AvgIpc) is 2.98. The maximum atomic E-state index is 12.2. The summed E-state index contributed by atoms with van der Waals surface area (Å²) in [7, 11) is 1.84. The third kappa shape index (κ3) is 4.12. The van der Waals surface area contributed by atoms with E-state index in [1.54, 1.807) is 30.6 Å². The molecule has 0 spiro atoms. The minimum absolute atomic E-state index is 0.153. The lowest BCUT2D eigenvalue weighted by Crippen LogP contribution is -2.15. The molecule has 0 atom stereocenters. The Morgan fingerprint density at radius 3 is 2.64 bits per heavy atom. The van der Waals surface area contributed by atoms with Gasteiger partial charge in [0.1, 0.15) is 0 Å². The molecule has 128 valence electrons. The van der Waals surface area contributed by atoms with Crippen molar-refractivity contribution in [3.05, 3.63) is 52.8 Å². The molecule has 0 saturated carbocycles. The number of pyridine rings is 1. The second-order valence-electron chi connectivity index (χ2n) is 5.04. The summed E-state index contributed by atoms with van der Waals surface area (Å²) in [5.74, 6) is 0.608. The number of nitrogens with one attached hydrogen (secondary N) is 1. The van der Waals surface area contributed by atoms with Gasteiger partial charge in [0, 0.05) is 25.0 Å². The maximum absolute atomic E-state index is 12.2. The minimum Gasteiger partial charge on any atom is -0.323 e. The summed E-state index contributed by atoms with van der Waals surface area (Å²) in [6, 6.07) is 8.78. The van der Waals surface area contributed by atoms with Crippen LogP contribution in [0.25, 0.3) is 11.4 Å². The molecule has 3 aromatic rings. The summed E-state index contributed by atoms with van der Waals surface area (Å²) >= 11 is 13.4. The van der Waals surface area contributed by atoms with Crippen LogP contribution in [0.2, 0.25) is 10.0 Å². The first-order valence-electron chi connectivity index (χ1n) is 7.22. The van der Waals surface area contributed by atoms with Gasteiger partial charge in [0.2, 0.25) is 5.91 Å². The van der Waals surface area contributed by atoms with E-state index in [4.69, 9.17) is 23.2 Å². The van der Waals surface area contributed by atoms with Crippen LogP contribution in [0.1, 0.15) is 0 Å². The summed E-state index contributed by atoms with van der Waals surface area (Å²) in [6.07, 6.45) is 3.41. The maximum Gasteiger partial charge on any atom is 0.234 e. The number of nitrogens with zero attached hydrogens (tertiary/aromatic N) is 4. The number of carbonyl (C=O) groups excluding carboxylic acids is 1. The van der Waals surface area contributed by atoms with Gasteiger partial charge in [-0.15, -0.1) is 10.2 Å². The van der Waals surface area contributed by atoms with Gasteiger partial charge in [0.15, 0.2) is 11.0 Å². The van der Waals surface area contributed by atoms with E-state index >= 15 is 0 Å². The van der Waals surface area contributed by atoms with Gasteiger partial charge in [-0.3, -0.25) is 9.78 Å². The first-order chi connectivity index (χ1) is 12.1. The summed E-state index contributed by atoms with van der Waals surface area (Å²) in [5, 5.41) is 12.4. The fraction of sp³-hybridized carbons (Fsp3) is 0.125. The van der Waals surface area contributed by atoms with Crippen LogP contribution in [0, 0.1) is 0 Å². The van der Waals surface area contributed by atoms with Crippen molar-refractivity contribution in [1.82, 2.24) is 19.7 Å². The number of hydrogen-bond donors (Lipinski definition) is 1. The van der Waals surface area contributed by atoms with Crippen molar-refractivity contribution in [3.8, 4) is 11.4 Å². The van der Waals surface area contributed by atoms with E-state index < -0.39 is 0 Å². The van der Waals surface area contributed by atoms with Gasteiger partial charge in [-0.05, 0) is 24.3 Å². The number of para-hydroxylation sites is 1. The number of anilines is 1. The van der Waals surface area contributed by atoms with Crippen LogP contribution in [0.3, 0.4) is 0 Å². The Hall–Kier alpha value is -2.09. The highest BCUT2D eigenvalue weighted by atomic mass is 35.5. The molecule has 0 aliphatic rings. The zero-order valence-corrected chi connectivity index (χ0v) is 15.4. The Balaban J connectivity index is 1.66. The predicted molar refractivity (Wildman–Crippen MR) is 100 cm³/mol. The van der Waals surface area contributed by atoms with E-state index in [-0.39, 0.29) is 11.7 Å². The molecule has 1 amide bonds. The molecule has 9 heteroatoms. The normalized spacial score (nSPS) is 10.7. The molecule has 25 heavy (non-hydrogen) atoms. The quantitative estimate of drug-likeness (QED) is 0.665. The molecule has 0 aliphatic heterocycles. The van der Waals surface area contributed by atoms with E-state index in [1.165, 1.54) is 11.8 Å². The number of amides is 1. The molecule has 0 fully saturated rings. The summed E-state index contributed by atoms with van der Waals surface area (Å²) < 4.78 is 1.82. The van der Waals surface area contributed by atoms with Gasteiger partial charge in [0.05, 0.1) is 21.5 Å². The standard InChI is InChI=1S/C16H13Cl2N5OS/c1-23-15(10-4-3-7-19-8-10)21-22-16(23)25-9-13(24)20-14-11(17)5-2-6-12(14)18/h2-8H,9H2,1H3,(H,20,24). The average molecular weight is 394 g/mol. The summed E-state index contributed by atoms with van der Waals surface area (Å²) in [6.45, 7) is 0. The molecule has 0 bridgehead atoms. The lowest BCUT2D eigenvalue weighted by molar-refractivity contribution is -0.113. The molecule has 0 aliphatic carbocycles. The zero-order chi connectivity index (χ0) is 17.8. The van der Waals surface area contributed by atoms with Gasteiger partial charge < -0.3 is 9.88 Å². The molecule has 6 nitrogen and oxygen atoms in total. The van der Waals surface area contributed by atoms with Crippen LogP contribution in [-0.4, -0.2) is 31.4 Å². The predicted octanol–water partition coefficient (Wildman–Crippen LogP) is 3.91. The van der Waals surface area contributed by atoms with E-state index in [0.717, 1.165) is 5.56 Å². The second-order valence-corrected chi connectivity index (χ2v) is 6.80. The van der Waals surface area contributed by atoms with Crippen molar-refractivity contribution in [3.63, 3.8) is 0 Å². The molecule has 0 radical (unpaired) electrons. The Kier molecular flexibility index (Phi) is 5.57. The van der Waals surface area contributed by atoms with Crippen LogP contribution in [-0.2, 0) is 11.8 Å². The topological polar surface area (TPSA) is 72.7 Å². The number of hydrogen-bond acceptors (Lipinski definition) is 5. The molecule has 1 aromatic carbocycles. The van der Waals surface area contributed by atoms with Gasteiger partial charge in [-0.1, -0.05) is 41.0 Å². The van der Waals surface area contributed by atoms with Crippen molar-refractivity contribution in [2.24, 2.45) is 7.05 Å². The first-order valence-corrected chi connectivity index (χ1v) is 8.97. The fourth-order valence-corrected chi connectivity index (χ4v) is 3.31. The Bertz CT molecular complexity index is 881. The van der Waals surface area contributed by atoms with Crippen LogP contribution in [0.15, 0.2) is 47.9 Å². The molecular formula is C16H13Cl2N5OS.